The molecule has 1 amide bonds. The summed E-state index contributed by atoms with van der Waals surface area (Å²) in [6, 6.07) is 22.4. The highest BCUT2D eigenvalue weighted by Gasteiger charge is 2.46. The van der Waals surface area contributed by atoms with E-state index in [0.29, 0.717) is 18.5 Å². The maximum atomic E-state index is 13.3. The molecule has 2 heterocycles. The Labute approximate surface area is 211 Å². The van der Waals surface area contributed by atoms with Gasteiger partial charge in [0.25, 0.3) is 11.7 Å². The third kappa shape index (κ3) is 4.35. The second-order valence-electron chi connectivity index (χ2n) is 9.67. The molecule has 0 spiro atoms. The van der Waals surface area contributed by atoms with Crippen LogP contribution in [0.25, 0.3) is 5.76 Å². The van der Waals surface area contributed by atoms with Crippen LogP contribution in [0, 0.1) is 0 Å². The largest absolute Gasteiger partial charge is 0.507 e. The zero-order chi connectivity index (χ0) is 25.4. The maximum absolute atomic E-state index is 13.3. The van der Waals surface area contributed by atoms with E-state index in [1.807, 2.05) is 92.6 Å². The lowest BCUT2D eigenvalue weighted by atomic mass is 9.94. The second kappa shape index (κ2) is 9.53. The second-order valence-corrected chi connectivity index (χ2v) is 9.67. The Morgan fingerprint density at radius 1 is 1.03 bits per heavy atom. The Kier molecular flexibility index (Phi) is 6.27. The Morgan fingerprint density at radius 3 is 2.44 bits per heavy atom. The summed E-state index contributed by atoms with van der Waals surface area (Å²) in [5.41, 5.74) is 4.49. The molecule has 0 bridgehead atoms. The van der Waals surface area contributed by atoms with E-state index in [9.17, 15) is 14.7 Å². The molecule has 2 aliphatic heterocycles. The van der Waals surface area contributed by atoms with Gasteiger partial charge in [-0.3, -0.25) is 9.59 Å². The molecule has 0 aromatic heterocycles. The number of carbonyl (C=O) groups is 2. The van der Waals surface area contributed by atoms with Crippen LogP contribution < -0.4 is 9.64 Å². The third-order valence-electron chi connectivity index (χ3n) is 6.92. The van der Waals surface area contributed by atoms with Crippen molar-refractivity contribution in [3.63, 3.8) is 0 Å². The Balaban J connectivity index is 1.57. The summed E-state index contributed by atoms with van der Waals surface area (Å²) in [6.45, 7) is 2.36. The predicted octanol–water partition coefficient (Wildman–Crippen LogP) is 4.74. The van der Waals surface area contributed by atoms with E-state index >= 15 is 0 Å². The predicted molar refractivity (Wildman–Crippen MR) is 140 cm³/mol. The van der Waals surface area contributed by atoms with Gasteiger partial charge in [0.2, 0.25) is 0 Å². The Hall–Kier alpha value is -4.06. The smallest absolute Gasteiger partial charge is 0.295 e. The molecule has 1 fully saturated rings. The van der Waals surface area contributed by atoms with Gasteiger partial charge < -0.3 is 19.6 Å². The molecular weight excluding hydrogens is 452 g/mol. The zero-order valence-electron chi connectivity index (χ0n) is 20.8. The van der Waals surface area contributed by atoms with Crippen LogP contribution in [0.2, 0.25) is 0 Å². The first-order chi connectivity index (χ1) is 17.3. The van der Waals surface area contributed by atoms with Crippen molar-refractivity contribution in [3.05, 3.63) is 101 Å². The highest BCUT2D eigenvalue weighted by molar-refractivity contribution is 6.46. The van der Waals surface area contributed by atoms with Crippen molar-refractivity contribution < 1.29 is 19.4 Å². The molecule has 0 aliphatic carbocycles. The van der Waals surface area contributed by atoms with Crippen molar-refractivity contribution >= 4 is 23.1 Å². The van der Waals surface area contributed by atoms with Gasteiger partial charge in [0.15, 0.2) is 0 Å². The number of ether oxygens (including phenoxy) is 1. The van der Waals surface area contributed by atoms with Gasteiger partial charge in [-0.1, -0.05) is 42.5 Å². The average Bonchev–Trinajstić information content (AvgIpc) is 3.38. The standard InChI is InChI=1S/C30H30N2O4/c1-19-17-23-18-22(11-14-25(23)36-19)28(33)26-27(21-9-12-24(13-10-21)31(2)3)32(30(35)29(26)34)16-15-20-7-5-4-6-8-20/h4-14,18-19,27,33H,15-17H2,1-3H3/t19-,27+/m1/s1. The van der Waals surface area contributed by atoms with E-state index in [0.717, 1.165) is 34.5 Å². The number of hydrogen-bond donors (Lipinski definition) is 1. The van der Waals surface area contributed by atoms with Crippen LogP contribution in [0.1, 0.15) is 35.2 Å². The molecule has 184 valence electrons. The van der Waals surface area contributed by atoms with E-state index < -0.39 is 17.7 Å². The van der Waals surface area contributed by atoms with E-state index in [1.165, 1.54) is 0 Å². The van der Waals surface area contributed by atoms with Crippen LogP contribution in [0.4, 0.5) is 5.69 Å². The minimum absolute atomic E-state index is 0.0659. The highest BCUT2D eigenvalue weighted by Crippen LogP contribution is 2.41. The highest BCUT2D eigenvalue weighted by atomic mass is 16.5. The fourth-order valence-electron chi connectivity index (χ4n) is 5.03. The number of ketones is 1. The van der Waals surface area contributed by atoms with E-state index in [-0.39, 0.29) is 17.4 Å². The molecule has 0 unspecified atom stereocenters. The van der Waals surface area contributed by atoms with Gasteiger partial charge in [-0.25, -0.2) is 0 Å². The minimum Gasteiger partial charge on any atom is -0.507 e. The molecule has 36 heavy (non-hydrogen) atoms. The number of Topliss-reactive ketones (excluding diaryl/α,β-unsaturated/α-hetero) is 1. The van der Waals surface area contributed by atoms with Gasteiger partial charge in [0.05, 0.1) is 11.6 Å². The molecule has 6 nitrogen and oxygen atoms in total. The number of likely N-dealkylation sites (tertiary alicyclic amines) is 1. The maximum Gasteiger partial charge on any atom is 0.295 e. The van der Waals surface area contributed by atoms with Crippen LogP contribution in [0.15, 0.2) is 78.4 Å². The number of hydrogen-bond acceptors (Lipinski definition) is 5. The number of aliphatic hydroxyl groups excluding tert-OH is 1. The van der Waals surface area contributed by atoms with Gasteiger partial charge in [-0.2, -0.15) is 0 Å². The number of aliphatic hydroxyl groups is 1. The molecule has 0 saturated carbocycles. The molecule has 6 heteroatoms. The number of amides is 1. The first-order valence-corrected chi connectivity index (χ1v) is 12.2. The fraction of sp³-hybridized carbons (Fsp3) is 0.267. The van der Waals surface area contributed by atoms with E-state index in [4.69, 9.17) is 4.74 Å². The van der Waals surface area contributed by atoms with Crippen molar-refractivity contribution in [1.82, 2.24) is 4.90 Å². The molecule has 5 rings (SSSR count). The van der Waals surface area contributed by atoms with Crippen LogP contribution in [0.3, 0.4) is 0 Å². The lowest BCUT2D eigenvalue weighted by molar-refractivity contribution is -0.139. The van der Waals surface area contributed by atoms with E-state index in [1.54, 1.807) is 11.0 Å². The molecule has 3 aromatic carbocycles. The Morgan fingerprint density at radius 2 is 1.75 bits per heavy atom. The molecule has 3 aromatic rings. The summed E-state index contributed by atoms with van der Waals surface area (Å²) in [5.74, 6) is -0.613. The van der Waals surface area contributed by atoms with Gasteiger partial charge in [-0.05, 0) is 60.4 Å². The average molecular weight is 483 g/mol. The van der Waals surface area contributed by atoms with Crippen LogP contribution >= 0.6 is 0 Å². The first-order valence-electron chi connectivity index (χ1n) is 12.2. The van der Waals surface area contributed by atoms with Crippen molar-refractivity contribution in [1.29, 1.82) is 0 Å². The quantitative estimate of drug-likeness (QED) is 0.312. The molecule has 2 atom stereocenters. The first kappa shape index (κ1) is 23.7. The van der Waals surface area contributed by atoms with Gasteiger partial charge in [0.1, 0.15) is 17.6 Å². The van der Waals surface area contributed by atoms with Crippen molar-refractivity contribution in [2.24, 2.45) is 0 Å². The van der Waals surface area contributed by atoms with Gasteiger partial charge >= 0.3 is 0 Å². The van der Waals surface area contributed by atoms with Gasteiger partial charge in [0, 0.05) is 38.3 Å². The SMILES string of the molecule is C[C@@H]1Cc2cc(C(O)=C3C(=O)C(=O)N(CCc4ccccc4)[C@H]3c3ccc(N(C)C)cc3)ccc2O1. The molecule has 0 radical (unpaired) electrons. The van der Waals surface area contributed by atoms with Crippen molar-refractivity contribution in [2.75, 3.05) is 25.5 Å². The Bertz CT molecular complexity index is 1330. The summed E-state index contributed by atoms with van der Waals surface area (Å²) < 4.78 is 5.79. The number of rotatable bonds is 6. The topological polar surface area (TPSA) is 70.1 Å². The summed E-state index contributed by atoms with van der Waals surface area (Å²) in [4.78, 5) is 30.2. The number of benzene rings is 3. The lowest BCUT2D eigenvalue weighted by Gasteiger charge is -2.26. The van der Waals surface area contributed by atoms with Gasteiger partial charge in [-0.15, -0.1) is 0 Å². The summed E-state index contributed by atoms with van der Waals surface area (Å²) in [5, 5.41) is 11.4. The summed E-state index contributed by atoms with van der Waals surface area (Å²) in [6.07, 6.45) is 1.40. The molecule has 1 saturated heterocycles. The van der Waals surface area contributed by atoms with Crippen molar-refractivity contribution in [2.45, 2.75) is 31.9 Å². The lowest BCUT2D eigenvalue weighted by Crippen LogP contribution is -2.31. The zero-order valence-corrected chi connectivity index (χ0v) is 20.8. The molecule has 1 N–H and O–H groups in total. The third-order valence-corrected chi connectivity index (χ3v) is 6.92. The summed E-state index contributed by atoms with van der Waals surface area (Å²) >= 11 is 0. The van der Waals surface area contributed by atoms with E-state index in [2.05, 4.69) is 0 Å². The number of fused-ring (bicyclic) bond motifs is 1. The number of anilines is 1. The fourth-order valence-corrected chi connectivity index (χ4v) is 5.03. The summed E-state index contributed by atoms with van der Waals surface area (Å²) in [7, 11) is 3.92. The van der Waals surface area contributed by atoms with Crippen LogP contribution in [-0.4, -0.2) is 48.4 Å². The monoisotopic (exact) mass is 482 g/mol. The molecule has 2 aliphatic rings. The normalized spacial score (nSPS) is 20.4. The van der Waals surface area contributed by atoms with Crippen molar-refractivity contribution in [3.8, 4) is 5.75 Å². The minimum atomic E-state index is -0.673. The number of nitrogens with zero attached hydrogens (tertiary/aromatic N) is 2. The van der Waals surface area contributed by atoms with Crippen LogP contribution in [0.5, 0.6) is 5.75 Å². The van der Waals surface area contributed by atoms with Crippen LogP contribution in [-0.2, 0) is 22.4 Å². The number of carbonyl (C=O) groups excluding carboxylic acids is 2. The molecular formula is C30H30N2O4.